The predicted octanol–water partition coefficient (Wildman–Crippen LogP) is 3.83. The molecule has 4 rings (SSSR count). The molecule has 30 heavy (non-hydrogen) atoms. The Kier molecular flexibility index (Phi) is 6.02. The van der Waals surface area contributed by atoms with Crippen LogP contribution in [0.15, 0.2) is 36.4 Å². The van der Waals surface area contributed by atoms with Gasteiger partial charge in [-0.15, -0.1) is 0 Å². The number of ether oxygens (including phenoxy) is 3. The summed E-state index contributed by atoms with van der Waals surface area (Å²) in [5, 5.41) is 0. The predicted molar refractivity (Wildman–Crippen MR) is 117 cm³/mol. The molecular formula is C24H30N2O4. The molecule has 0 saturated carbocycles. The van der Waals surface area contributed by atoms with Gasteiger partial charge in [0.15, 0.2) is 0 Å². The third-order valence-electron chi connectivity index (χ3n) is 6.19. The Labute approximate surface area is 178 Å². The minimum Gasteiger partial charge on any atom is -0.497 e. The average molecular weight is 411 g/mol. The monoisotopic (exact) mass is 410 g/mol. The maximum absolute atomic E-state index is 13.4. The van der Waals surface area contributed by atoms with Crippen molar-refractivity contribution in [3.05, 3.63) is 47.5 Å². The highest BCUT2D eigenvalue weighted by Gasteiger charge is 2.34. The van der Waals surface area contributed by atoms with Crippen molar-refractivity contribution in [1.29, 1.82) is 0 Å². The van der Waals surface area contributed by atoms with Crippen LogP contribution in [0, 0.1) is 0 Å². The molecular weight excluding hydrogens is 380 g/mol. The van der Waals surface area contributed by atoms with Crippen LogP contribution in [0.1, 0.15) is 36.4 Å². The summed E-state index contributed by atoms with van der Waals surface area (Å²) in [5.41, 5.74) is 3.33. The Morgan fingerprint density at radius 1 is 1.00 bits per heavy atom. The Bertz CT molecular complexity index is 900. The highest BCUT2D eigenvalue weighted by molar-refractivity contribution is 5.84. The van der Waals surface area contributed by atoms with E-state index in [4.69, 9.17) is 14.2 Å². The fourth-order valence-corrected chi connectivity index (χ4v) is 4.77. The van der Waals surface area contributed by atoms with Gasteiger partial charge in [0.2, 0.25) is 5.91 Å². The molecule has 0 spiro atoms. The number of fused-ring (bicyclic) bond motifs is 1. The molecule has 6 heteroatoms. The van der Waals surface area contributed by atoms with E-state index in [-0.39, 0.29) is 11.9 Å². The van der Waals surface area contributed by atoms with Gasteiger partial charge in [-0.25, -0.2) is 0 Å². The normalized spacial score (nSPS) is 18.2. The van der Waals surface area contributed by atoms with Crippen LogP contribution >= 0.6 is 0 Å². The standard InChI is InChI=1S/C24H30N2O4/c1-28-18-11-12-21(29-2)19(15-18)20-9-6-14-26(20)23(27)16-25-13-5-8-17-7-4-10-22(30-3)24(17)25/h4,7,10-12,15,20H,5-6,8-9,13-14,16H2,1-3H3. The molecule has 2 aromatic rings. The van der Waals surface area contributed by atoms with Gasteiger partial charge in [0.25, 0.3) is 0 Å². The van der Waals surface area contributed by atoms with E-state index in [1.165, 1.54) is 5.56 Å². The number of benzene rings is 2. The third-order valence-corrected chi connectivity index (χ3v) is 6.19. The van der Waals surface area contributed by atoms with E-state index in [9.17, 15) is 4.79 Å². The number of nitrogens with zero attached hydrogens (tertiary/aromatic N) is 2. The van der Waals surface area contributed by atoms with Crippen molar-refractivity contribution in [3.63, 3.8) is 0 Å². The van der Waals surface area contributed by atoms with E-state index in [1.54, 1.807) is 21.3 Å². The molecule has 1 unspecified atom stereocenters. The number of hydrogen-bond donors (Lipinski definition) is 0. The minimum atomic E-state index is 0.00415. The second kappa shape index (κ2) is 8.86. The second-order valence-corrected chi connectivity index (χ2v) is 7.85. The SMILES string of the molecule is COc1ccc(OC)c(C2CCCN2C(=O)CN2CCCc3cccc(OC)c32)c1. The Balaban J connectivity index is 1.58. The van der Waals surface area contributed by atoms with Gasteiger partial charge in [-0.05, 0) is 55.5 Å². The van der Waals surface area contributed by atoms with Crippen LogP contribution in [0.3, 0.4) is 0 Å². The highest BCUT2D eigenvalue weighted by Crippen LogP contribution is 2.40. The van der Waals surface area contributed by atoms with Gasteiger partial charge in [-0.2, -0.15) is 0 Å². The van der Waals surface area contributed by atoms with Gasteiger partial charge in [0.05, 0.1) is 39.6 Å². The zero-order valence-corrected chi connectivity index (χ0v) is 18.0. The lowest BCUT2D eigenvalue weighted by atomic mass is 10.0. The molecule has 1 amide bonds. The van der Waals surface area contributed by atoms with Crippen molar-refractivity contribution in [2.75, 3.05) is 45.9 Å². The Hall–Kier alpha value is -2.89. The third kappa shape index (κ3) is 3.78. The molecule has 2 aliphatic rings. The Morgan fingerprint density at radius 2 is 1.83 bits per heavy atom. The molecule has 1 fully saturated rings. The second-order valence-electron chi connectivity index (χ2n) is 7.85. The molecule has 1 atom stereocenters. The van der Waals surface area contributed by atoms with E-state index in [0.717, 1.165) is 67.3 Å². The number of rotatable bonds is 6. The number of hydrogen-bond acceptors (Lipinski definition) is 5. The molecule has 0 bridgehead atoms. The summed E-state index contributed by atoms with van der Waals surface area (Å²) in [7, 11) is 5.02. The summed E-state index contributed by atoms with van der Waals surface area (Å²) in [6.45, 7) is 1.98. The molecule has 2 aromatic carbocycles. The number of carbonyl (C=O) groups is 1. The summed E-state index contributed by atoms with van der Waals surface area (Å²) >= 11 is 0. The van der Waals surface area contributed by atoms with Gasteiger partial charge in [0, 0.05) is 18.7 Å². The topological polar surface area (TPSA) is 51.2 Å². The van der Waals surface area contributed by atoms with Crippen LogP contribution in [0.25, 0.3) is 0 Å². The van der Waals surface area contributed by atoms with Crippen molar-refractivity contribution in [2.24, 2.45) is 0 Å². The van der Waals surface area contributed by atoms with Crippen LogP contribution in [0.2, 0.25) is 0 Å². The van der Waals surface area contributed by atoms with E-state index >= 15 is 0 Å². The number of methoxy groups -OCH3 is 3. The van der Waals surface area contributed by atoms with Crippen LogP contribution in [0.5, 0.6) is 17.2 Å². The molecule has 6 nitrogen and oxygen atoms in total. The maximum Gasteiger partial charge on any atom is 0.242 e. The maximum atomic E-state index is 13.4. The number of carbonyl (C=O) groups excluding carboxylic acids is 1. The molecule has 1 saturated heterocycles. The van der Waals surface area contributed by atoms with Crippen LogP contribution in [-0.4, -0.2) is 51.8 Å². The first-order chi connectivity index (χ1) is 14.7. The molecule has 0 aromatic heterocycles. The van der Waals surface area contributed by atoms with Crippen molar-refractivity contribution in [3.8, 4) is 17.2 Å². The summed E-state index contributed by atoms with van der Waals surface area (Å²) in [6, 6.07) is 11.9. The van der Waals surface area contributed by atoms with Crippen LogP contribution in [0.4, 0.5) is 5.69 Å². The van der Waals surface area contributed by atoms with Crippen molar-refractivity contribution in [2.45, 2.75) is 31.7 Å². The lowest BCUT2D eigenvalue weighted by molar-refractivity contribution is -0.130. The molecule has 2 aliphatic heterocycles. The molecule has 0 aliphatic carbocycles. The number of anilines is 1. The summed E-state index contributed by atoms with van der Waals surface area (Å²) < 4.78 is 16.6. The lowest BCUT2D eigenvalue weighted by Gasteiger charge is -2.34. The van der Waals surface area contributed by atoms with E-state index in [2.05, 4.69) is 11.0 Å². The smallest absolute Gasteiger partial charge is 0.242 e. The minimum absolute atomic E-state index is 0.00415. The van der Waals surface area contributed by atoms with Gasteiger partial charge in [0.1, 0.15) is 17.2 Å². The van der Waals surface area contributed by atoms with E-state index in [0.29, 0.717) is 6.54 Å². The molecule has 160 valence electrons. The fraction of sp³-hybridized carbons (Fsp3) is 0.458. The van der Waals surface area contributed by atoms with Gasteiger partial charge in [-0.3, -0.25) is 4.79 Å². The van der Waals surface area contributed by atoms with E-state index < -0.39 is 0 Å². The zero-order chi connectivity index (χ0) is 21.1. The highest BCUT2D eigenvalue weighted by atomic mass is 16.5. The fourth-order valence-electron chi connectivity index (χ4n) is 4.77. The van der Waals surface area contributed by atoms with Crippen molar-refractivity contribution in [1.82, 2.24) is 4.90 Å². The lowest BCUT2D eigenvalue weighted by Crippen LogP contribution is -2.42. The number of amides is 1. The molecule has 0 radical (unpaired) electrons. The quantitative estimate of drug-likeness (QED) is 0.725. The van der Waals surface area contributed by atoms with Gasteiger partial charge < -0.3 is 24.0 Å². The largest absolute Gasteiger partial charge is 0.497 e. The number of likely N-dealkylation sites (tertiary alicyclic amines) is 1. The zero-order valence-electron chi connectivity index (χ0n) is 18.0. The van der Waals surface area contributed by atoms with E-state index in [1.807, 2.05) is 35.2 Å². The summed E-state index contributed by atoms with van der Waals surface area (Å²) in [5.74, 6) is 2.55. The summed E-state index contributed by atoms with van der Waals surface area (Å²) in [4.78, 5) is 17.6. The average Bonchev–Trinajstić information content (AvgIpc) is 3.28. The number of aryl methyl sites for hydroxylation is 1. The molecule has 2 heterocycles. The van der Waals surface area contributed by atoms with Crippen LogP contribution in [-0.2, 0) is 11.2 Å². The Morgan fingerprint density at radius 3 is 2.60 bits per heavy atom. The van der Waals surface area contributed by atoms with Gasteiger partial charge in [-0.1, -0.05) is 12.1 Å². The first-order valence-corrected chi connectivity index (χ1v) is 10.6. The number of para-hydroxylation sites is 1. The van der Waals surface area contributed by atoms with Crippen molar-refractivity contribution >= 4 is 11.6 Å². The van der Waals surface area contributed by atoms with Crippen LogP contribution < -0.4 is 19.1 Å². The van der Waals surface area contributed by atoms with Crippen molar-refractivity contribution < 1.29 is 19.0 Å². The first kappa shape index (κ1) is 20.4. The summed E-state index contributed by atoms with van der Waals surface area (Å²) in [6.07, 6.45) is 3.97. The first-order valence-electron chi connectivity index (χ1n) is 10.6. The van der Waals surface area contributed by atoms with Gasteiger partial charge >= 0.3 is 0 Å². The molecule has 0 N–H and O–H groups in total.